The fraction of sp³-hybridized carbons (Fsp3) is 0.472. The Balaban J connectivity index is 1.94. The standard InChI is InChI=1S/C36H49N5O7/c1-18(2)14-26(38)33(44)40-28(15-19(3)4)34(45)41-31(20(5)6)35(46)39-27(16-22-8-11-24(42)12-9-22)32(43)30-21(7)25-13-10-23(37)17-29(25)48-36(30)47/h8-13,17-20,26-28,31,42H,14-16,37-38H2,1-7H3,(H,39,46)(H,40,44)(H,41,45). The molecule has 0 saturated heterocycles. The summed E-state index contributed by atoms with van der Waals surface area (Å²) in [6, 6.07) is 6.80. The molecule has 0 fully saturated rings. The van der Waals surface area contributed by atoms with Crippen molar-refractivity contribution in [3.63, 3.8) is 0 Å². The molecule has 4 unspecified atom stereocenters. The maximum absolute atomic E-state index is 14.1. The first-order chi connectivity index (χ1) is 22.5. The molecular formula is C36H49N5O7. The van der Waals surface area contributed by atoms with E-state index in [9.17, 15) is 29.1 Å². The molecule has 0 spiro atoms. The lowest BCUT2D eigenvalue weighted by atomic mass is 9.93. The molecule has 1 heterocycles. The number of hydrogen-bond acceptors (Lipinski definition) is 9. The Hall–Kier alpha value is -4.71. The van der Waals surface area contributed by atoms with Crippen molar-refractivity contribution in [1.82, 2.24) is 16.0 Å². The molecule has 3 aromatic rings. The normalized spacial score (nSPS) is 14.1. The van der Waals surface area contributed by atoms with E-state index in [1.807, 2.05) is 27.7 Å². The van der Waals surface area contributed by atoms with Crippen LogP contribution in [0.2, 0.25) is 0 Å². The number of fused-ring (bicyclic) bond motifs is 1. The SMILES string of the molecule is Cc1c(C(=O)C(Cc2ccc(O)cc2)NC(=O)C(NC(=O)C(CC(C)C)NC(=O)C(N)CC(C)C)C(C)C)c(=O)oc2cc(N)ccc12. The van der Waals surface area contributed by atoms with E-state index in [2.05, 4.69) is 16.0 Å². The van der Waals surface area contributed by atoms with Crippen LogP contribution in [0.1, 0.15) is 75.9 Å². The van der Waals surface area contributed by atoms with Gasteiger partial charge in [-0.05, 0) is 72.9 Å². The number of nitrogens with one attached hydrogen (secondary N) is 3. The first-order valence-corrected chi connectivity index (χ1v) is 16.3. The molecule has 0 aliphatic rings. The van der Waals surface area contributed by atoms with Gasteiger partial charge in [0.15, 0.2) is 5.78 Å². The Labute approximate surface area is 281 Å². The summed E-state index contributed by atoms with van der Waals surface area (Å²) in [5, 5.41) is 18.6. The van der Waals surface area contributed by atoms with Crippen molar-refractivity contribution in [3.05, 3.63) is 69.6 Å². The second-order valence-electron chi connectivity index (χ2n) is 13.6. The van der Waals surface area contributed by atoms with E-state index in [0.717, 1.165) is 0 Å². The number of aryl methyl sites for hydroxylation is 1. The van der Waals surface area contributed by atoms with E-state index >= 15 is 0 Å². The van der Waals surface area contributed by atoms with Gasteiger partial charge >= 0.3 is 5.63 Å². The molecule has 12 nitrogen and oxygen atoms in total. The van der Waals surface area contributed by atoms with Gasteiger partial charge in [-0.1, -0.05) is 53.7 Å². The molecule has 3 amide bonds. The van der Waals surface area contributed by atoms with E-state index in [1.165, 1.54) is 18.2 Å². The van der Waals surface area contributed by atoms with E-state index in [1.54, 1.807) is 45.0 Å². The van der Waals surface area contributed by atoms with Crippen LogP contribution in [-0.2, 0) is 20.8 Å². The zero-order chi connectivity index (χ0) is 35.9. The molecule has 3 rings (SSSR count). The number of carbonyl (C=O) groups is 4. The Morgan fingerprint density at radius 2 is 1.42 bits per heavy atom. The summed E-state index contributed by atoms with van der Waals surface area (Å²) >= 11 is 0. The zero-order valence-corrected chi connectivity index (χ0v) is 28.8. The van der Waals surface area contributed by atoms with Crippen molar-refractivity contribution in [2.75, 3.05) is 5.73 Å². The van der Waals surface area contributed by atoms with E-state index < -0.39 is 59.2 Å². The minimum atomic E-state index is -1.24. The number of carbonyl (C=O) groups excluding carboxylic acids is 4. The Kier molecular flexibility index (Phi) is 12.9. The number of phenols is 1. The first-order valence-electron chi connectivity index (χ1n) is 16.3. The fourth-order valence-corrected chi connectivity index (χ4v) is 5.56. The monoisotopic (exact) mass is 663 g/mol. The number of phenolic OH excluding ortho intramolecular Hbond substituents is 1. The van der Waals surface area contributed by atoms with Crippen LogP contribution in [-0.4, -0.2) is 52.8 Å². The molecule has 0 radical (unpaired) electrons. The van der Waals surface area contributed by atoms with Gasteiger partial charge in [0.05, 0.1) is 12.1 Å². The number of anilines is 1. The van der Waals surface area contributed by atoms with Crippen molar-refractivity contribution in [1.29, 1.82) is 0 Å². The lowest BCUT2D eigenvalue weighted by molar-refractivity contribution is -0.133. The van der Waals surface area contributed by atoms with Gasteiger partial charge in [0, 0.05) is 23.6 Å². The molecule has 0 aliphatic heterocycles. The van der Waals surface area contributed by atoms with Crippen LogP contribution in [0.3, 0.4) is 0 Å². The third-order valence-corrected chi connectivity index (χ3v) is 8.10. The van der Waals surface area contributed by atoms with Crippen LogP contribution in [0.4, 0.5) is 5.69 Å². The highest BCUT2D eigenvalue weighted by molar-refractivity contribution is 6.06. The van der Waals surface area contributed by atoms with Gasteiger partial charge in [0.2, 0.25) is 17.7 Å². The van der Waals surface area contributed by atoms with E-state index in [4.69, 9.17) is 15.9 Å². The summed E-state index contributed by atoms with van der Waals surface area (Å²) in [5.74, 6) is -2.54. The molecule has 0 saturated carbocycles. The topological polar surface area (TPSA) is 207 Å². The van der Waals surface area contributed by atoms with Gasteiger partial charge in [0.25, 0.3) is 0 Å². The minimum Gasteiger partial charge on any atom is -0.508 e. The minimum absolute atomic E-state index is 0.0201. The molecular weight excluding hydrogens is 614 g/mol. The van der Waals surface area contributed by atoms with Crippen LogP contribution in [0.25, 0.3) is 11.0 Å². The summed E-state index contributed by atoms with van der Waals surface area (Å²) in [6.07, 6.45) is 0.726. The Bertz CT molecular complexity index is 1680. The number of aromatic hydroxyl groups is 1. The summed E-state index contributed by atoms with van der Waals surface area (Å²) in [7, 11) is 0. The van der Waals surface area contributed by atoms with Crippen molar-refractivity contribution in [2.45, 2.75) is 91.9 Å². The molecule has 12 heteroatoms. The number of nitrogens with two attached hydrogens (primary N) is 2. The van der Waals surface area contributed by atoms with Gasteiger partial charge in [0.1, 0.15) is 29.0 Å². The lowest BCUT2D eigenvalue weighted by Crippen LogP contribution is -2.59. The maximum atomic E-state index is 14.1. The molecule has 0 bridgehead atoms. The highest BCUT2D eigenvalue weighted by atomic mass is 16.4. The zero-order valence-electron chi connectivity index (χ0n) is 28.8. The summed E-state index contributed by atoms with van der Waals surface area (Å²) in [4.78, 5) is 67.6. The van der Waals surface area contributed by atoms with Gasteiger partial charge in [-0.25, -0.2) is 4.79 Å². The average Bonchev–Trinajstić information content (AvgIpc) is 2.98. The van der Waals surface area contributed by atoms with Gasteiger partial charge in [-0.3, -0.25) is 19.2 Å². The third-order valence-electron chi connectivity index (χ3n) is 8.10. The number of rotatable bonds is 15. The van der Waals surface area contributed by atoms with Crippen LogP contribution in [0, 0.1) is 24.7 Å². The predicted molar refractivity (Wildman–Crippen MR) is 185 cm³/mol. The van der Waals surface area contributed by atoms with Gasteiger partial charge < -0.3 is 36.9 Å². The van der Waals surface area contributed by atoms with Crippen LogP contribution in [0.15, 0.2) is 51.7 Å². The number of Topliss-reactive ketones (excluding diaryl/α,β-unsaturated/α-hetero) is 1. The summed E-state index contributed by atoms with van der Waals surface area (Å²) in [6.45, 7) is 12.8. The van der Waals surface area contributed by atoms with Crippen molar-refractivity contribution >= 4 is 40.2 Å². The predicted octanol–water partition coefficient (Wildman–Crippen LogP) is 3.34. The Morgan fingerprint density at radius 1 is 0.812 bits per heavy atom. The van der Waals surface area contributed by atoms with E-state index in [-0.39, 0.29) is 35.2 Å². The number of benzene rings is 2. The maximum Gasteiger partial charge on any atom is 0.347 e. The van der Waals surface area contributed by atoms with Crippen LogP contribution in [0.5, 0.6) is 5.75 Å². The third kappa shape index (κ3) is 9.90. The second kappa shape index (κ2) is 16.4. The molecule has 1 aromatic heterocycles. The van der Waals surface area contributed by atoms with E-state index in [0.29, 0.717) is 35.0 Å². The Morgan fingerprint density at radius 3 is 2.00 bits per heavy atom. The van der Waals surface area contributed by atoms with Crippen LogP contribution >= 0.6 is 0 Å². The smallest absolute Gasteiger partial charge is 0.347 e. The van der Waals surface area contributed by atoms with Crippen molar-refractivity contribution in [3.8, 4) is 5.75 Å². The average molecular weight is 664 g/mol. The highest BCUT2D eigenvalue weighted by Crippen LogP contribution is 2.23. The molecule has 260 valence electrons. The van der Waals surface area contributed by atoms with Gasteiger partial charge in [-0.15, -0.1) is 0 Å². The lowest BCUT2D eigenvalue weighted by Gasteiger charge is -2.28. The number of nitrogen functional groups attached to an aromatic ring is 1. The van der Waals surface area contributed by atoms with Crippen molar-refractivity contribution < 1.29 is 28.7 Å². The molecule has 8 N–H and O–H groups in total. The number of ketones is 1. The quantitative estimate of drug-likeness (QED) is 0.0800. The molecule has 48 heavy (non-hydrogen) atoms. The number of amides is 3. The molecule has 4 atom stereocenters. The van der Waals surface area contributed by atoms with Crippen molar-refractivity contribution in [2.24, 2.45) is 23.5 Å². The second-order valence-corrected chi connectivity index (χ2v) is 13.6. The number of hydrogen-bond donors (Lipinski definition) is 6. The summed E-state index contributed by atoms with van der Waals surface area (Å²) in [5.41, 5.74) is 12.4. The summed E-state index contributed by atoms with van der Waals surface area (Å²) < 4.78 is 5.46. The fourth-order valence-electron chi connectivity index (χ4n) is 5.56. The molecule has 2 aromatic carbocycles. The highest BCUT2D eigenvalue weighted by Gasteiger charge is 2.34. The van der Waals surface area contributed by atoms with Crippen LogP contribution < -0.4 is 33.0 Å². The van der Waals surface area contributed by atoms with Gasteiger partial charge in [-0.2, -0.15) is 0 Å². The first kappa shape index (κ1) is 37.7. The largest absolute Gasteiger partial charge is 0.508 e. The molecule has 0 aliphatic carbocycles.